The molecule has 0 atom stereocenters. The molecule has 0 unspecified atom stereocenters. The lowest BCUT2D eigenvalue weighted by molar-refractivity contribution is -0.0348. The molecule has 0 spiro atoms. The lowest BCUT2D eigenvalue weighted by Crippen LogP contribution is -2.32. The molecule has 0 saturated carbocycles. The van der Waals surface area contributed by atoms with Crippen LogP contribution in [0.3, 0.4) is 0 Å². The maximum Gasteiger partial charge on any atom is 0.256 e. The number of ketones is 2. The van der Waals surface area contributed by atoms with Gasteiger partial charge in [0.2, 0.25) is 5.78 Å². The van der Waals surface area contributed by atoms with Gasteiger partial charge in [0.1, 0.15) is 11.7 Å². The zero-order valence-corrected chi connectivity index (χ0v) is 9.87. The van der Waals surface area contributed by atoms with E-state index in [1.54, 1.807) is 18.2 Å². The Labute approximate surface area is 108 Å². The molecule has 1 aliphatic heterocycles. The second-order valence-corrected chi connectivity index (χ2v) is 4.61. The van der Waals surface area contributed by atoms with E-state index in [-0.39, 0.29) is 11.7 Å². The summed E-state index contributed by atoms with van der Waals surface area (Å²) >= 11 is 0. The molecule has 94 valence electrons. The van der Waals surface area contributed by atoms with Crippen molar-refractivity contribution in [2.24, 2.45) is 0 Å². The largest absolute Gasteiger partial charge is 0.377 e. The number of nitrogens with zero attached hydrogens (tertiary/aromatic N) is 3. The maximum atomic E-state index is 12.0. The summed E-state index contributed by atoms with van der Waals surface area (Å²) in [6.07, 6.45) is 0. The molecule has 1 aromatic heterocycles. The van der Waals surface area contributed by atoms with Gasteiger partial charge in [-0.15, -0.1) is 5.10 Å². The first kappa shape index (κ1) is 10.6. The zero-order chi connectivity index (χ0) is 13.0. The Morgan fingerprint density at radius 1 is 1.00 bits per heavy atom. The fraction of sp³-hybridized carbons (Fsp3) is 0.231. The second kappa shape index (κ2) is 3.58. The molecule has 19 heavy (non-hydrogen) atoms. The smallest absolute Gasteiger partial charge is 0.256 e. The number of benzene rings is 1. The van der Waals surface area contributed by atoms with Gasteiger partial charge in [-0.1, -0.05) is 24.3 Å². The van der Waals surface area contributed by atoms with Gasteiger partial charge >= 0.3 is 0 Å². The molecule has 6 nitrogen and oxygen atoms in total. The molecule has 0 bridgehead atoms. The average Bonchev–Trinajstić information content (AvgIpc) is 2.79. The van der Waals surface area contributed by atoms with Crippen molar-refractivity contribution < 1.29 is 14.3 Å². The molecule has 0 radical (unpaired) electrons. The Bertz CT molecular complexity index is 716. The SMILES string of the molecule is O=C1C(=O)c2nn(C3COC3)nc2-c2ccccc21. The van der Waals surface area contributed by atoms with Crippen molar-refractivity contribution >= 4 is 11.6 Å². The third-order valence-corrected chi connectivity index (χ3v) is 3.42. The summed E-state index contributed by atoms with van der Waals surface area (Å²) < 4.78 is 5.09. The summed E-state index contributed by atoms with van der Waals surface area (Å²) in [5.41, 5.74) is 1.72. The maximum absolute atomic E-state index is 12.0. The summed E-state index contributed by atoms with van der Waals surface area (Å²) in [6.45, 7) is 1.08. The van der Waals surface area contributed by atoms with Gasteiger partial charge < -0.3 is 4.74 Å². The van der Waals surface area contributed by atoms with E-state index in [0.29, 0.717) is 30.0 Å². The first-order chi connectivity index (χ1) is 9.25. The monoisotopic (exact) mass is 255 g/mol. The molecule has 1 aromatic carbocycles. The molecule has 6 heteroatoms. The molecule has 0 N–H and O–H groups in total. The first-order valence-electron chi connectivity index (χ1n) is 5.98. The molecule has 2 aromatic rings. The highest BCUT2D eigenvalue weighted by atomic mass is 16.5. The van der Waals surface area contributed by atoms with Crippen molar-refractivity contribution in [2.45, 2.75) is 6.04 Å². The van der Waals surface area contributed by atoms with Gasteiger partial charge in [-0.05, 0) is 0 Å². The fourth-order valence-corrected chi connectivity index (χ4v) is 2.29. The summed E-state index contributed by atoms with van der Waals surface area (Å²) in [5, 5.41) is 8.51. The minimum atomic E-state index is -0.583. The van der Waals surface area contributed by atoms with Crippen molar-refractivity contribution in [1.82, 2.24) is 15.0 Å². The number of Topliss-reactive ketones (excluding diaryl/α,β-unsaturated/α-hetero) is 2. The van der Waals surface area contributed by atoms with Gasteiger partial charge in [0.15, 0.2) is 5.69 Å². The molecule has 1 aliphatic carbocycles. The second-order valence-electron chi connectivity index (χ2n) is 4.61. The van der Waals surface area contributed by atoms with Crippen LogP contribution in [0.15, 0.2) is 24.3 Å². The number of carbonyl (C=O) groups excluding carboxylic acids is 2. The van der Waals surface area contributed by atoms with Gasteiger partial charge in [0.05, 0.1) is 13.2 Å². The number of carbonyl (C=O) groups is 2. The van der Waals surface area contributed by atoms with Crippen LogP contribution in [0.2, 0.25) is 0 Å². The van der Waals surface area contributed by atoms with Crippen molar-refractivity contribution in [3.05, 3.63) is 35.5 Å². The number of ether oxygens (including phenoxy) is 1. The normalized spacial score (nSPS) is 17.9. The van der Waals surface area contributed by atoms with E-state index in [9.17, 15) is 9.59 Å². The van der Waals surface area contributed by atoms with E-state index >= 15 is 0 Å². The van der Waals surface area contributed by atoms with Crippen LogP contribution >= 0.6 is 0 Å². The number of rotatable bonds is 1. The summed E-state index contributed by atoms with van der Waals surface area (Å²) in [7, 11) is 0. The van der Waals surface area contributed by atoms with Gasteiger partial charge in [0.25, 0.3) is 5.78 Å². The van der Waals surface area contributed by atoms with Crippen molar-refractivity contribution in [2.75, 3.05) is 13.2 Å². The average molecular weight is 255 g/mol. The Kier molecular flexibility index (Phi) is 1.99. The number of hydrogen-bond acceptors (Lipinski definition) is 5. The fourth-order valence-electron chi connectivity index (χ4n) is 2.29. The Morgan fingerprint density at radius 3 is 2.37 bits per heavy atom. The van der Waals surface area contributed by atoms with E-state index in [1.807, 2.05) is 6.07 Å². The zero-order valence-electron chi connectivity index (χ0n) is 9.87. The number of hydrogen-bond donors (Lipinski definition) is 0. The lowest BCUT2D eigenvalue weighted by atomic mass is 9.90. The molecular weight excluding hydrogens is 246 g/mol. The predicted octanol–water partition coefficient (Wildman–Crippen LogP) is 0.895. The van der Waals surface area contributed by atoms with Crippen LogP contribution in [-0.2, 0) is 4.74 Å². The predicted molar refractivity (Wildman–Crippen MR) is 64.0 cm³/mol. The van der Waals surface area contributed by atoms with Crippen LogP contribution in [0, 0.1) is 0 Å². The summed E-state index contributed by atoms with van der Waals surface area (Å²) in [4.78, 5) is 25.5. The van der Waals surface area contributed by atoms with E-state index in [1.165, 1.54) is 4.80 Å². The molecule has 1 saturated heterocycles. The van der Waals surface area contributed by atoms with E-state index < -0.39 is 11.6 Å². The highest BCUT2D eigenvalue weighted by molar-refractivity contribution is 6.52. The van der Waals surface area contributed by atoms with E-state index in [0.717, 1.165) is 0 Å². The summed E-state index contributed by atoms with van der Waals surface area (Å²) in [6, 6.07) is 7.04. The minimum absolute atomic E-state index is 0.0562. The Morgan fingerprint density at radius 2 is 1.68 bits per heavy atom. The van der Waals surface area contributed by atoms with E-state index in [2.05, 4.69) is 10.2 Å². The number of fused-ring (bicyclic) bond motifs is 3. The highest BCUT2D eigenvalue weighted by Gasteiger charge is 2.36. The van der Waals surface area contributed by atoms with Gasteiger partial charge in [-0.3, -0.25) is 9.59 Å². The molecule has 1 fully saturated rings. The van der Waals surface area contributed by atoms with Gasteiger partial charge in [-0.2, -0.15) is 9.90 Å². The van der Waals surface area contributed by atoms with Crippen molar-refractivity contribution in [3.8, 4) is 11.3 Å². The third kappa shape index (κ3) is 1.34. The lowest BCUT2D eigenvalue weighted by Gasteiger charge is -2.24. The van der Waals surface area contributed by atoms with E-state index in [4.69, 9.17) is 4.74 Å². The van der Waals surface area contributed by atoms with Crippen LogP contribution in [0.1, 0.15) is 26.9 Å². The van der Waals surface area contributed by atoms with Crippen LogP contribution < -0.4 is 0 Å². The third-order valence-electron chi connectivity index (χ3n) is 3.42. The van der Waals surface area contributed by atoms with Gasteiger partial charge in [0, 0.05) is 11.1 Å². The standard InChI is InChI=1S/C13H9N3O3/c17-12-9-4-2-1-3-8(9)10-11(13(12)18)15-16(14-10)7-5-19-6-7/h1-4,7H,5-6H2. The molecular formula is C13H9N3O3. The van der Waals surface area contributed by atoms with Crippen LogP contribution in [0.4, 0.5) is 0 Å². The van der Waals surface area contributed by atoms with Gasteiger partial charge in [-0.25, -0.2) is 0 Å². The molecule has 4 rings (SSSR count). The number of aromatic nitrogens is 3. The van der Waals surface area contributed by atoms with Crippen molar-refractivity contribution in [3.63, 3.8) is 0 Å². The highest BCUT2D eigenvalue weighted by Crippen LogP contribution is 2.31. The Hall–Kier alpha value is -2.34. The molecule has 0 amide bonds. The van der Waals surface area contributed by atoms with Crippen LogP contribution in [0.5, 0.6) is 0 Å². The topological polar surface area (TPSA) is 74.1 Å². The van der Waals surface area contributed by atoms with Crippen LogP contribution in [0.25, 0.3) is 11.3 Å². The summed E-state index contributed by atoms with van der Waals surface area (Å²) in [5.74, 6) is -1.10. The quantitative estimate of drug-likeness (QED) is 0.708. The first-order valence-corrected chi connectivity index (χ1v) is 5.98. The molecule has 2 heterocycles. The minimum Gasteiger partial charge on any atom is -0.377 e. The van der Waals surface area contributed by atoms with Crippen molar-refractivity contribution in [1.29, 1.82) is 0 Å². The Balaban J connectivity index is 1.94. The molecule has 2 aliphatic rings. The van der Waals surface area contributed by atoms with Crippen LogP contribution in [-0.4, -0.2) is 39.8 Å².